The zero-order valence-electron chi connectivity index (χ0n) is 23.3. The van der Waals surface area contributed by atoms with Gasteiger partial charge >= 0.3 is 0 Å². The topological polar surface area (TPSA) is 40.6 Å². The van der Waals surface area contributed by atoms with Gasteiger partial charge < -0.3 is 9.80 Å². The summed E-state index contributed by atoms with van der Waals surface area (Å²) in [6, 6.07) is 5.36. The number of thioether (sulfide) groups is 2. The first-order valence-corrected chi connectivity index (χ1v) is 18.0. The largest absolute Gasteiger partial charge is 0.323 e. The van der Waals surface area contributed by atoms with Crippen molar-refractivity contribution in [1.82, 2.24) is 9.80 Å². The number of fused-ring (bicyclic) bond motifs is 2. The molecule has 2 aromatic heterocycles. The maximum Gasteiger partial charge on any atom is 0.220 e. The molecule has 2 aromatic rings. The third-order valence-corrected chi connectivity index (χ3v) is 14.0. The van der Waals surface area contributed by atoms with Gasteiger partial charge in [0.05, 0.1) is 8.42 Å². The molecule has 0 spiro atoms. The molecule has 8 heteroatoms. The number of carbonyl (C=O) groups is 2. The summed E-state index contributed by atoms with van der Waals surface area (Å²) in [6.07, 6.45) is 13.8. The minimum Gasteiger partial charge on any atom is -0.323 e. The highest BCUT2D eigenvalue weighted by Gasteiger charge is 2.40. The molecule has 2 fully saturated rings. The second-order valence-electron chi connectivity index (χ2n) is 11.0. The van der Waals surface area contributed by atoms with Crippen LogP contribution >= 0.6 is 46.2 Å². The highest BCUT2D eigenvalue weighted by atomic mass is 32.2. The van der Waals surface area contributed by atoms with E-state index in [-0.39, 0.29) is 22.6 Å². The molecule has 5 rings (SSSR count). The molecule has 0 N–H and O–H groups in total. The molecule has 3 aliphatic rings. The lowest BCUT2D eigenvalue weighted by Crippen LogP contribution is -2.43. The molecule has 3 heterocycles. The number of hydrogen-bond acceptors (Lipinski definition) is 6. The summed E-state index contributed by atoms with van der Waals surface area (Å²) in [5.74, 6) is 0.376. The Morgan fingerprint density at radius 2 is 1.05 bits per heavy atom. The molecule has 0 saturated heterocycles. The molecule has 0 radical (unpaired) electrons. The van der Waals surface area contributed by atoms with Gasteiger partial charge in [-0.3, -0.25) is 9.59 Å². The van der Waals surface area contributed by atoms with E-state index in [0.717, 1.165) is 38.5 Å². The Balaban J connectivity index is 1.63. The monoisotopic (exact) mass is 590 g/mol. The minimum absolute atomic E-state index is 0.0156. The quantitative estimate of drug-likeness (QED) is 0.336. The Kier molecular flexibility index (Phi) is 9.54. The number of thiophene rings is 2. The third-order valence-electron chi connectivity index (χ3n) is 8.39. The molecule has 2 atom stereocenters. The number of amides is 2. The van der Waals surface area contributed by atoms with Crippen LogP contribution in [0, 0.1) is 0 Å². The summed E-state index contributed by atoms with van der Waals surface area (Å²) in [5.41, 5.74) is 2.58. The van der Waals surface area contributed by atoms with Gasteiger partial charge in [0.25, 0.3) is 0 Å². The SMILES string of the molecule is CCc1cc2c(s1)S[C@H](N(C(C)=O)C1CCCCC1)c1cc(CC)sc1S[C@@H]2N(C(C)=O)C1CCCCC1. The maximum absolute atomic E-state index is 13.3. The van der Waals surface area contributed by atoms with Crippen LogP contribution in [0.25, 0.3) is 0 Å². The minimum atomic E-state index is -0.0156. The summed E-state index contributed by atoms with van der Waals surface area (Å²) < 4.78 is 2.59. The summed E-state index contributed by atoms with van der Waals surface area (Å²) >= 11 is 7.53. The molecule has 1 aliphatic heterocycles. The average Bonchev–Trinajstić information content (AvgIpc) is 3.51. The van der Waals surface area contributed by atoms with Crippen LogP contribution in [0.1, 0.15) is 124 Å². The lowest BCUT2D eigenvalue weighted by Gasteiger charge is -2.42. The number of carbonyl (C=O) groups excluding carboxylic acids is 2. The van der Waals surface area contributed by atoms with Crippen molar-refractivity contribution in [2.24, 2.45) is 0 Å². The van der Waals surface area contributed by atoms with Crippen LogP contribution < -0.4 is 0 Å². The van der Waals surface area contributed by atoms with Crippen molar-refractivity contribution in [3.8, 4) is 0 Å². The van der Waals surface area contributed by atoms with E-state index in [4.69, 9.17) is 0 Å². The Hall–Kier alpha value is -0.960. The summed E-state index contributed by atoms with van der Waals surface area (Å²) in [6.45, 7) is 7.98. The molecule has 0 unspecified atom stereocenters. The van der Waals surface area contributed by atoms with Gasteiger partial charge in [-0.1, -0.05) is 75.9 Å². The van der Waals surface area contributed by atoms with Crippen LogP contribution in [0.2, 0.25) is 0 Å². The second-order valence-corrected chi connectivity index (χ2v) is 16.0. The number of aryl methyl sites for hydroxylation is 2. The Morgan fingerprint density at radius 1 is 0.684 bits per heavy atom. The van der Waals surface area contributed by atoms with Crippen molar-refractivity contribution in [3.05, 3.63) is 33.0 Å². The Morgan fingerprint density at radius 3 is 1.37 bits per heavy atom. The lowest BCUT2D eigenvalue weighted by molar-refractivity contribution is -0.133. The van der Waals surface area contributed by atoms with Crippen molar-refractivity contribution in [1.29, 1.82) is 0 Å². The molecular weight excluding hydrogens is 549 g/mol. The van der Waals surface area contributed by atoms with Crippen LogP contribution in [0.15, 0.2) is 20.6 Å². The highest BCUT2D eigenvalue weighted by molar-refractivity contribution is 8.03. The molecule has 2 saturated carbocycles. The van der Waals surface area contributed by atoms with Gasteiger partial charge in [-0.25, -0.2) is 0 Å². The molecular formula is C30H42N2O2S4. The standard InChI is InChI=1S/C30H42N2O2S4/c1-5-23-17-25-27(31(19(3)33)21-13-9-7-10-14-21)38-30-26(18-24(6-2)36-30)28(37-29(25)35-23)32(20(4)34)22-15-11-8-12-16-22/h17-18,21-22,27-28H,5-16H2,1-4H3/t27-,28-/m0/s1. The van der Waals surface area contributed by atoms with Crippen LogP contribution in [0.5, 0.6) is 0 Å². The van der Waals surface area contributed by atoms with E-state index in [1.165, 1.54) is 67.8 Å². The van der Waals surface area contributed by atoms with E-state index < -0.39 is 0 Å². The van der Waals surface area contributed by atoms with Crippen LogP contribution in [0.4, 0.5) is 0 Å². The maximum atomic E-state index is 13.3. The van der Waals surface area contributed by atoms with Crippen LogP contribution in [-0.2, 0) is 22.4 Å². The number of hydrogen-bond donors (Lipinski definition) is 0. The fourth-order valence-electron chi connectivity index (χ4n) is 6.45. The number of rotatable bonds is 6. The van der Waals surface area contributed by atoms with Crippen molar-refractivity contribution in [2.45, 2.75) is 136 Å². The second kappa shape index (κ2) is 12.7. The number of nitrogens with zero attached hydrogens (tertiary/aromatic N) is 2. The molecule has 0 aromatic carbocycles. The Bertz CT molecular complexity index is 1040. The van der Waals surface area contributed by atoms with Gasteiger partial charge in [-0.05, 0) is 50.7 Å². The Labute approximate surface area is 245 Å². The first-order chi connectivity index (χ1) is 18.4. The summed E-state index contributed by atoms with van der Waals surface area (Å²) in [5, 5.41) is -0.0312. The molecule has 208 valence electrons. The lowest BCUT2D eigenvalue weighted by atomic mass is 9.93. The van der Waals surface area contributed by atoms with Crippen LogP contribution in [-0.4, -0.2) is 33.7 Å². The van der Waals surface area contributed by atoms with E-state index >= 15 is 0 Å². The van der Waals surface area contributed by atoms with Gasteiger partial charge in [0, 0.05) is 46.8 Å². The summed E-state index contributed by atoms with van der Waals surface area (Å²) in [7, 11) is 0. The van der Waals surface area contributed by atoms with E-state index in [2.05, 4.69) is 35.8 Å². The van der Waals surface area contributed by atoms with E-state index in [1.54, 1.807) is 13.8 Å². The zero-order chi connectivity index (χ0) is 26.8. The van der Waals surface area contributed by atoms with Gasteiger partial charge in [0.1, 0.15) is 10.7 Å². The fraction of sp³-hybridized carbons (Fsp3) is 0.667. The predicted molar refractivity (Wildman–Crippen MR) is 163 cm³/mol. The highest BCUT2D eigenvalue weighted by Crippen LogP contribution is 2.57. The van der Waals surface area contributed by atoms with Gasteiger partial charge in [0.15, 0.2) is 0 Å². The third kappa shape index (κ3) is 5.89. The average molecular weight is 591 g/mol. The molecule has 38 heavy (non-hydrogen) atoms. The molecule has 0 bridgehead atoms. The molecule has 2 amide bonds. The first-order valence-electron chi connectivity index (χ1n) is 14.6. The van der Waals surface area contributed by atoms with Crippen molar-refractivity contribution >= 4 is 58.0 Å². The van der Waals surface area contributed by atoms with Crippen molar-refractivity contribution in [3.63, 3.8) is 0 Å². The van der Waals surface area contributed by atoms with E-state index in [1.807, 2.05) is 46.2 Å². The normalized spacial score (nSPS) is 22.7. The smallest absolute Gasteiger partial charge is 0.220 e. The zero-order valence-corrected chi connectivity index (χ0v) is 26.6. The fourth-order valence-corrected chi connectivity index (χ4v) is 12.5. The first kappa shape index (κ1) is 28.6. The van der Waals surface area contributed by atoms with Crippen molar-refractivity contribution in [2.75, 3.05) is 0 Å². The van der Waals surface area contributed by atoms with E-state index in [0.29, 0.717) is 12.1 Å². The van der Waals surface area contributed by atoms with Crippen molar-refractivity contribution < 1.29 is 9.59 Å². The van der Waals surface area contributed by atoms with Gasteiger partial charge in [-0.2, -0.15) is 0 Å². The summed E-state index contributed by atoms with van der Waals surface area (Å²) in [4.78, 5) is 33.9. The predicted octanol–water partition coefficient (Wildman–Crippen LogP) is 9.19. The van der Waals surface area contributed by atoms with Gasteiger partial charge in [0.2, 0.25) is 11.8 Å². The molecule has 2 aliphatic carbocycles. The van der Waals surface area contributed by atoms with E-state index in [9.17, 15) is 9.59 Å². The molecule has 4 nitrogen and oxygen atoms in total. The van der Waals surface area contributed by atoms with Crippen LogP contribution in [0.3, 0.4) is 0 Å². The van der Waals surface area contributed by atoms with Gasteiger partial charge in [-0.15, -0.1) is 22.7 Å².